The lowest BCUT2D eigenvalue weighted by Crippen LogP contribution is -2.47. The summed E-state index contributed by atoms with van der Waals surface area (Å²) in [6.07, 6.45) is 9.23. The highest BCUT2D eigenvalue weighted by Crippen LogP contribution is 2.40. The lowest BCUT2D eigenvalue weighted by atomic mass is 9.88. The number of rotatable bonds is 11. The normalized spacial score (nSPS) is 18.5. The van der Waals surface area contributed by atoms with Gasteiger partial charge in [-0.3, -0.25) is 0 Å². The van der Waals surface area contributed by atoms with Gasteiger partial charge in [-0.1, -0.05) is 42.0 Å². The van der Waals surface area contributed by atoms with E-state index in [0.717, 1.165) is 25.7 Å². The van der Waals surface area contributed by atoms with Crippen LogP contribution in [0.15, 0.2) is 70.7 Å². The van der Waals surface area contributed by atoms with Gasteiger partial charge in [0.15, 0.2) is 0 Å². The minimum atomic E-state index is -3.87. The average molecular weight is 553 g/mol. The van der Waals surface area contributed by atoms with Crippen molar-refractivity contribution in [2.75, 3.05) is 20.1 Å². The number of hydrogen-bond acceptors (Lipinski definition) is 5. The molecule has 2 atom stereocenters. The van der Waals surface area contributed by atoms with Crippen LogP contribution in [0, 0.1) is 12.8 Å². The molecule has 0 heterocycles. The van der Waals surface area contributed by atoms with Crippen molar-refractivity contribution < 1.29 is 23.4 Å². The summed E-state index contributed by atoms with van der Waals surface area (Å²) in [5, 5.41) is 23.6. The van der Waals surface area contributed by atoms with Gasteiger partial charge >= 0.3 is 5.97 Å². The Morgan fingerprint density at radius 2 is 1.90 bits per heavy atom. The smallest absolute Gasteiger partial charge is 0.335 e. The van der Waals surface area contributed by atoms with Crippen molar-refractivity contribution in [2.24, 2.45) is 5.92 Å². The highest BCUT2D eigenvalue weighted by Gasteiger charge is 2.30. The van der Waals surface area contributed by atoms with E-state index in [1.165, 1.54) is 29.4 Å². The average Bonchev–Trinajstić information content (AvgIpc) is 3.29. The van der Waals surface area contributed by atoms with E-state index in [1.54, 1.807) is 48.9 Å². The van der Waals surface area contributed by atoms with Gasteiger partial charge in [-0.05, 0) is 99.3 Å². The molecule has 2 aliphatic rings. The van der Waals surface area contributed by atoms with Crippen molar-refractivity contribution in [3.8, 4) is 11.1 Å². The third-order valence-corrected chi connectivity index (χ3v) is 9.68. The van der Waals surface area contributed by atoms with Crippen molar-refractivity contribution in [2.45, 2.75) is 69.4 Å². The van der Waals surface area contributed by atoms with Gasteiger partial charge in [-0.15, -0.1) is 0 Å². The third-order valence-electron chi connectivity index (χ3n) is 7.86. The van der Waals surface area contributed by atoms with E-state index >= 15 is 0 Å². The molecule has 0 saturated heterocycles. The topological polar surface area (TPSA) is 107 Å². The van der Waals surface area contributed by atoms with Gasteiger partial charge in [-0.25, -0.2) is 13.2 Å². The fraction of sp³-hybridized carbons (Fsp3) is 0.452. The van der Waals surface area contributed by atoms with Crippen LogP contribution in [0.4, 0.5) is 0 Å². The Bertz CT molecular complexity index is 1390. The lowest BCUT2D eigenvalue weighted by molar-refractivity contribution is 0.0696. The standard InChI is InChI=1S/C31H40N2O5S/c1-21-12-13-26(17-29(21)30(35)36)25-10-7-11-28(16-25)39(37,38)33(4)20-27(34)19-32-31(2,3)18-22-14-23-8-5-6-9-24(23)15-22/h5,7-8,10-13,16-17,22,27,32,34H,6,9,14-15,18-20H2,1-4H3,(H,35,36)/t22?,27-/m1/s1. The molecule has 2 aliphatic carbocycles. The maximum absolute atomic E-state index is 13.3. The minimum Gasteiger partial charge on any atom is -0.478 e. The Balaban J connectivity index is 1.35. The lowest BCUT2D eigenvalue weighted by Gasteiger charge is -2.31. The zero-order valence-electron chi connectivity index (χ0n) is 23.3. The highest BCUT2D eigenvalue weighted by atomic mass is 32.2. The van der Waals surface area contributed by atoms with Crippen LogP contribution in [0.5, 0.6) is 0 Å². The van der Waals surface area contributed by atoms with E-state index in [-0.39, 0.29) is 29.1 Å². The zero-order valence-corrected chi connectivity index (χ0v) is 24.1. The number of sulfonamides is 1. The number of aliphatic hydroxyl groups excluding tert-OH is 1. The third kappa shape index (κ3) is 7.06. The Hall–Kier alpha value is -2.78. The Morgan fingerprint density at radius 3 is 2.62 bits per heavy atom. The molecule has 2 aromatic carbocycles. The second kappa shape index (κ2) is 11.8. The number of nitrogens with zero attached hydrogens (tertiary/aromatic N) is 1. The van der Waals surface area contributed by atoms with Gasteiger partial charge in [0.1, 0.15) is 0 Å². The summed E-state index contributed by atoms with van der Waals surface area (Å²) in [5.41, 5.74) is 4.96. The minimum absolute atomic E-state index is 0.0482. The van der Waals surface area contributed by atoms with Crippen LogP contribution in [0.1, 0.15) is 61.9 Å². The molecule has 0 aromatic heterocycles. The fourth-order valence-electron chi connectivity index (χ4n) is 5.78. The van der Waals surface area contributed by atoms with Crippen LogP contribution in [-0.4, -0.2) is 60.7 Å². The van der Waals surface area contributed by atoms with Gasteiger partial charge in [0.2, 0.25) is 10.0 Å². The first kappa shape index (κ1) is 29.2. The molecule has 0 bridgehead atoms. The molecule has 0 fully saturated rings. The Morgan fingerprint density at radius 1 is 1.15 bits per heavy atom. The molecule has 1 unspecified atom stereocenters. The number of benzene rings is 2. The number of nitrogens with one attached hydrogen (secondary N) is 1. The second-order valence-corrected chi connectivity index (χ2v) is 13.7. The summed E-state index contributed by atoms with van der Waals surface area (Å²) < 4.78 is 27.8. The number of allylic oxidation sites excluding steroid dienone is 4. The summed E-state index contributed by atoms with van der Waals surface area (Å²) in [4.78, 5) is 11.6. The molecule has 4 rings (SSSR count). The van der Waals surface area contributed by atoms with E-state index in [0.29, 0.717) is 22.6 Å². The molecule has 0 amide bonds. The summed E-state index contributed by atoms with van der Waals surface area (Å²) in [6.45, 7) is 6.24. The second-order valence-electron chi connectivity index (χ2n) is 11.6. The molecule has 2 aromatic rings. The maximum atomic E-state index is 13.3. The molecule has 7 nitrogen and oxygen atoms in total. The molecule has 210 valence electrons. The van der Waals surface area contributed by atoms with Gasteiger partial charge in [-0.2, -0.15) is 4.31 Å². The van der Waals surface area contributed by atoms with E-state index < -0.39 is 22.1 Å². The predicted octanol–water partition coefficient (Wildman–Crippen LogP) is 5.16. The molecule has 8 heteroatoms. The molecule has 39 heavy (non-hydrogen) atoms. The quantitative estimate of drug-likeness (QED) is 0.356. The summed E-state index contributed by atoms with van der Waals surface area (Å²) in [7, 11) is -2.40. The Kier molecular flexibility index (Phi) is 8.81. The number of carboxylic acids is 1. The first-order valence-electron chi connectivity index (χ1n) is 13.6. The summed E-state index contributed by atoms with van der Waals surface area (Å²) >= 11 is 0. The molecule has 3 N–H and O–H groups in total. The number of β-amino-alcohol motifs (C(OH)–C–C–N with tert-alkyl or cyclic N) is 1. The van der Waals surface area contributed by atoms with Gasteiger partial charge in [0.05, 0.1) is 16.6 Å². The van der Waals surface area contributed by atoms with E-state index in [9.17, 15) is 23.4 Å². The van der Waals surface area contributed by atoms with Crippen molar-refractivity contribution in [1.29, 1.82) is 0 Å². The van der Waals surface area contributed by atoms with Crippen molar-refractivity contribution in [3.05, 3.63) is 76.9 Å². The van der Waals surface area contributed by atoms with Crippen LogP contribution < -0.4 is 5.32 Å². The monoisotopic (exact) mass is 552 g/mol. The predicted molar refractivity (Wildman–Crippen MR) is 154 cm³/mol. The summed E-state index contributed by atoms with van der Waals surface area (Å²) in [5.74, 6) is -0.437. The maximum Gasteiger partial charge on any atom is 0.335 e. The van der Waals surface area contributed by atoms with E-state index in [2.05, 4.69) is 31.3 Å². The fourth-order valence-corrected chi connectivity index (χ4v) is 7.03. The van der Waals surface area contributed by atoms with E-state index in [4.69, 9.17) is 0 Å². The number of aryl methyl sites for hydroxylation is 1. The van der Waals surface area contributed by atoms with Crippen LogP contribution >= 0.6 is 0 Å². The van der Waals surface area contributed by atoms with Gasteiger partial charge < -0.3 is 15.5 Å². The number of aliphatic hydroxyl groups is 1. The SMILES string of the molecule is Cc1ccc(-c2cccc(S(=O)(=O)N(C)C[C@H](O)CNC(C)(C)CC3CC4=C(CCC=C4)C3)c2)cc1C(=O)O. The number of carboxylic acid groups (broad SMARTS) is 1. The number of aromatic carboxylic acids is 1. The zero-order chi connectivity index (χ0) is 28.4. The first-order valence-corrected chi connectivity index (χ1v) is 15.0. The molecule has 0 radical (unpaired) electrons. The largest absolute Gasteiger partial charge is 0.478 e. The van der Waals surface area contributed by atoms with Gasteiger partial charge in [0, 0.05) is 25.7 Å². The van der Waals surface area contributed by atoms with Crippen LogP contribution in [-0.2, 0) is 10.0 Å². The number of likely N-dealkylation sites (N-methyl/N-ethyl adjacent to an activating group) is 1. The summed E-state index contributed by atoms with van der Waals surface area (Å²) in [6, 6.07) is 11.5. The van der Waals surface area contributed by atoms with Crippen LogP contribution in [0.2, 0.25) is 0 Å². The Labute approximate surface area is 232 Å². The van der Waals surface area contributed by atoms with Gasteiger partial charge in [0.25, 0.3) is 0 Å². The number of carbonyl (C=O) groups is 1. The van der Waals surface area contributed by atoms with Crippen molar-refractivity contribution in [1.82, 2.24) is 9.62 Å². The van der Waals surface area contributed by atoms with E-state index in [1.807, 2.05) is 0 Å². The molecule has 0 saturated carbocycles. The van der Waals surface area contributed by atoms with Crippen LogP contribution in [0.25, 0.3) is 11.1 Å². The molecule has 0 aliphatic heterocycles. The molecular formula is C31H40N2O5S. The first-order chi connectivity index (χ1) is 18.4. The van der Waals surface area contributed by atoms with Crippen LogP contribution in [0.3, 0.4) is 0 Å². The molecular weight excluding hydrogens is 512 g/mol. The number of hydrogen-bond donors (Lipinski definition) is 3. The van der Waals surface area contributed by atoms with Crippen molar-refractivity contribution in [3.63, 3.8) is 0 Å². The highest BCUT2D eigenvalue weighted by molar-refractivity contribution is 7.89. The molecule has 0 spiro atoms. The van der Waals surface area contributed by atoms with Crippen molar-refractivity contribution >= 4 is 16.0 Å².